The standard InChI is InChI=1S/C20H20N4O3.ClH/c1-20(2)8-15-13(16(25)9-20)7-14(18(26)22-15)19-23-17(24-27-19)12-5-3-11(10-21)4-6-12;/h3-7H,8-10,21H2,1-2H3,(H,22,26);1H. The number of hydrogen-bond acceptors (Lipinski definition) is 6. The van der Waals surface area contributed by atoms with E-state index in [0.29, 0.717) is 36.5 Å². The van der Waals surface area contributed by atoms with Gasteiger partial charge in [-0.05, 0) is 23.5 Å². The first kappa shape index (κ1) is 20.0. The molecule has 1 aliphatic carbocycles. The Morgan fingerprint density at radius 3 is 2.54 bits per heavy atom. The summed E-state index contributed by atoms with van der Waals surface area (Å²) in [7, 11) is 0. The molecule has 8 heteroatoms. The summed E-state index contributed by atoms with van der Waals surface area (Å²) in [4.78, 5) is 32.2. The first-order chi connectivity index (χ1) is 12.9. The third kappa shape index (κ3) is 3.63. The lowest BCUT2D eigenvalue weighted by Gasteiger charge is -2.29. The zero-order valence-electron chi connectivity index (χ0n) is 15.6. The second kappa shape index (κ2) is 7.33. The Hall–Kier alpha value is -2.77. The predicted molar refractivity (Wildman–Crippen MR) is 107 cm³/mol. The highest BCUT2D eigenvalue weighted by atomic mass is 35.5. The van der Waals surface area contributed by atoms with Crippen molar-refractivity contribution in [1.82, 2.24) is 15.1 Å². The molecule has 2 aromatic heterocycles. The molecule has 2 heterocycles. The SMILES string of the molecule is CC1(C)CC(=O)c2cc(-c3nc(-c4ccc(CN)cc4)no3)c(=O)[nH]c2C1.Cl. The molecule has 0 saturated carbocycles. The van der Waals surface area contributed by atoms with Crippen LogP contribution in [0.4, 0.5) is 0 Å². The lowest BCUT2D eigenvalue weighted by atomic mass is 9.75. The Balaban J connectivity index is 0.00000225. The van der Waals surface area contributed by atoms with Crippen LogP contribution in [0, 0.1) is 5.41 Å². The first-order valence-electron chi connectivity index (χ1n) is 8.79. The molecule has 0 amide bonds. The Bertz CT molecular complexity index is 1080. The number of rotatable bonds is 3. The van der Waals surface area contributed by atoms with E-state index in [1.165, 1.54) is 0 Å². The number of nitrogens with one attached hydrogen (secondary N) is 1. The van der Waals surface area contributed by atoms with Gasteiger partial charge >= 0.3 is 0 Å². The summed E-state index contributed by atoms with van der Waals surface area (Å²) in [5, 5.41) is 3.96. The van der Waals surface area contributed by atoms with Crippen LogP contribution >= 0.6 is 12.4 Å². The van der Waals surface area contributed by atoms with Gasteiger partial charge in [0.2, 0.25) is 5.82 Å². The normalized spacial score (nSPS) is 15.0. The van der Waals surface area contributed by atoms with Crippen molar-refractivity contribution in [3.8, 4) is 22.8 Å². The van der Waals surface area contributed by atoms with Gasteiger partial charge in [0.25, 0.3) is 11.4 Å². The van der Waals surface area contributed by atoms with Crippen LogP contribution in [-0.4, -0.2) is 20.9 Å². The van der Waals surface area contributed by atoms with Crippen LogP contribution in [0.2, 0.25) is 0 Å². The average molecular weight is 401 g/mol. The minimum atomic E-state index is -0.340. The number of pyridine rings is 1. The number of fused-ring (bicyclic) bond motifs is 1. The number of aromatic amines is 1. The van der Waals surface area contributed by atoms with Crippen LogP contribution < -0.4 is 11.3 Å². The van der Waals surface area contributed by atoms with Crippen molar-refractivity contribution >= 4 is 18.2 Å². The Kier molecular flexibility index (Phi) is 5.23. The maximum Gasteiger partial charge on any atom is 0.263 e. The van der Waals surface area contributed by atoms with Crippen molar-refractivity contribution in [1.29, 1.82) is 0 Å². The molecule has 3 N–H and O–H groups in total. The molecule has 3 aromatic rings. The smallest absolute Gasteiger partial charge is 0.263 e. The molecule has 0 atom stereocenters. The van der Waals surface area contributed by atoms with E-state index in [1.807, 2.05) is 38.1 Å². The van der Waals surface area contributed by atoms with Crippen LogP contribution in [0.15, 0.2) is 39.6 Å². The summed E-state index contributed by atoms with van der Waals surface area (Å²) in [6.45, 7) is 4.48. The van der Waals surface area contributed by atoms with Crippen molar-refractivity contribution in [3.05, 3.63) is 57.5 Å². The second-order valence-electron chi connectivity index (χ2n) is 7.67. The lowest BCUT2D eigenvalue weighted by Crippen LogP contribution is -2.30. The number of aromatic nitrogens is 3. The van der Waals surface area contributed by atoms with E-state index in [-0.39, 0.29) is 40.6 Å². The van der Waals surface area contributed by atoms with Crippen molar-refractivity contribution in [2.24, 2.45) is 11.1 Å². The van der Waals surface area contributed by atoms with E-state index >= 15 is 0 Å². The highest BCUT2D eigenvalue weighted by molar-refractivity contribution is 5.99. The molecule has 1 aliphatic rings. The molecule has 0 radical (unpaired) electrons. The van der Waals surface area contributed by atoms with Gasteiger partial charge in [0.15, 0.2) is 5.78 Å². The molecule has 0 spiro atoms. The van der Waals surface area contributed by atoms with Gasteiger partial charge in [-0.3, -0.25) is 9.59 Å². The van der Waals surface area contributed by atoms with Gasteiger partial charge < -0.3 is 15.2 Å². The zero-order valence-corrected chi connectivity index (χ0v) is 16.4. The van der Waals surface area contributed by atoms with E-state index in [9.17, 15) is 9.59 Å². The third-order valence-electron chi connectivity index (χ3n) is 4.82. The Labute approximate surface area is 167 Å². The molecule has 146 valence electrons. The highest BCUT2D eigenvalue weighted by Gasteiger charge is 2.32. The van der Waals surface area contributed by atoms with Crippen molar-refractivity contribution in [2.45, 2.75) is 33.2 Å². The number of H-pyrrole nitrogens is 1. The summed E-state index contributed by atoms with van der Waals surface area (Å²) >= 11 is 0. The molecule has 7 nitrogen and oxygen atoms in total. The summed E-state index contributed by atoms with van der Waals surface area (Å²) in [6.07, 6.45) is 1.08. The third-order valence-corrected chi connectivity index (χ3v) is 4.82. The minimum Gasteiger partial charge on any atom is -0.333 e. The topological polar surface area (TPSA) is 115 Å². The highest BCUT2D eigenvalue weighted by Crippen LogP contribution is 2.34. The molecule has 0 saturated heterocycles. The fraction of sp³-hybridized carbons (Fsp3) is 0.300. The first-order valence-corrected chi connectivity index (χ1v) is 8.79. The molecule has 28 heavy (non-hydrogen) atoms. The number of hydrogen-bond donors (Lipinski definition) is 2. The number of nitrogens with two attached hydrogens (primary N) is 1. The molecule has 0 unspecified atom stereocenters. The predicted octanol–water partition coefficient (Wildman–Crippen LogP) is 3.13. The molecular weight excluding hydrogens is 380 g/mol. The Morgan fingerprint density at radius 2 is 1.86 bits per heavy atom. The summed E-state index contributed by atoms with van der Waals surface area (Å²) in [6, 6.07) is 9.04. The van der Waals surface area contributed by atoms with Crippen LogP contribution in [0.5, 0.6) is 0 Å². The number of carbonyl (C=O) groups is 1. The molecule has 0 bridgehead atoms. The van der Waals surface area contributed by atoms with Crippen molar-refractivity contribution in [2.75, 3.05) is 0 Å². The fourth-order valence-electron chi connectivity index (χ4n) is 3.43. The van der Waals surface area contributed by atoms with Gasteiger partial charge in [-0.1, -0.05) is 43.3 Å². The maximum absolute atomic E-state index is 12.5. The zero-order chi connectivity index (χ0) is 19.2. The monoisotopic (exact) mass is 400 g/mol. The quantitative estimate of drug-likeness (QED) is 0.697. The molecule has 0 aliphatic heterocycles. The van der Waals surface area contributed by atoms with Gasteiger partial charge in [0.05, 0.1) is 0 Å². The van der Waals surface area contributed by atoms with Crippen LogP contribution in [0.1, 0.15) is 41.9 Å². The number of carbonyl (C=O) groups excluding carboxylic acids is 1. The van der Waals surface area contributed by atoms with E-state index in [4.69, 9.17) is 10.3 Å². The fourth-order valence-corrected chi connectivity index (χ4v) is 3.43. The minimum absolute atomic E-state index is 0. The van der Waals surface area contributed by atoms with Crippen LogP contribution in [-0.2, 0) is 13.0 Å². The molecule has 4 rings (SSSR count). The van der Waals surface area contributed by atoms with Gasteiger partial charge in [-0.15, -0.1) is 12.4 Å². The summed E-state index contributed by atoms with van der Waals surface area (Å²) < 4.78 is 5.29. The number of halogens is 1. The maximum atomic E-state index is 12.5. The van der Waals surface area contributed by atoms with Gasteiger partial charge in [-0.2, -0.15) is 4.98 Å². The van der Waals surface area contributed by atoms with Gasteiger partial charge in [-0.25, -0.2) is 0 Å². The van der Waals surface area contributed by atoms with Crippen molar-refractivity contribution < 1.29 is 9.32 Å². The van der Waals surface area contributed by atoms with E-state index in [0.717, 1.165) is 11.1 Å². The van der Waals surface area contributed by atoms with Crippen LogP contribution in [0.3, 0.4) is 0 Å². The second-order valence-corrected chi connectivity index (χ2v) is 7.67. The Morgan fingerprint density at radius 1 is 1.14 bits per heavy atom. The molecule has 1 aromatic carbocycles. The largest absolute Gasteiger partial charge is 0.333 e. The summed E-state index contributed by atoms with van der Waals surface area (Å²) in [5.41, 5.74) is 8.25. The number of ketones is 1. The number of benzene rings is 1. The van der Waals surface area contributed by atoms with Gasteiger partial charge in [0, 0.05) is 29.8 Å². The number of nitrogens with zero attached hydrogens (tertiary/aromatic N) is 2. The lowest BCUT2D eigenvalue weighted by molar-refractivity contribution is 0.0910. The van der Waals surface area contributed by atoms with Gasteiger partial charge in [0.1, 0.15) is 5.56 Å². The van der Waals surface area contributed by atoms with E-state index in [1.54, 1.807) is 6.07 Å². The van der Waals surface area contributed by atoms with E-state index in [2.05, 4.69) is 15.1 Å². The molecular formula is C20H21ClN4O3. The number of Topliss-reactive ketones (excluding diaryl/α,β-unsaturated/α-hetero) is 1. The van der Waals surface area contributed by atoms with Crippen molar-refractivity contribution in [3.63, 3.8) is 0 Å². The van der Waals surface area contributed by atoms with Crippen LogP contribution in [0.25, 0.3) is 22.8 Å². The summed E-state index contributed by atoms with van der Waals surface area (Å²) in [5.74, 6) is 0.476. The average Bonchev–Trinajstić information content (AvgIpc) is 3.10. The van der Waals surface area contributed by atoms with E-state index < -0.39 is 0 Å². The molecule has 0 fully saturated rings.